The minimum atomic E-state index is -0.430. The van der Waals surface area contributed by atoms with Crippen LogP contribution in [0.5, 0.6) is 5.75 Å². The Morgan fingerprint density at radius 3 is 3.00 bits per heavy atom. The van der Waals surface area contributed by atoms with E-state index in [1.807, 2.05) is 19.1 Å². The number of para-hydroxylation sites is 1. The molecular weight excluding hydrogens is 228 g/mol. The van der Waals surface area contributed by atoms with Gasteiger partial charge in [-0.15, -0.1) is 0 Å². The Kier molecular flexibility index (Phi) is 3.87. The SMILES string of the molecule is CC[C@@H](N)C(=O)N1CCCc2cccc(OC)c21. The first-order valence-electron chi connectivity index (χ1n) is 6.41. The van der Waals surface area contributed by atoms with Crippen LogP contribution in [0.4, 0.5) is 5.69 Å². The molecule has 1 aliphatic heterocycles. The maximum atomic E-state index is 12.3. The minimum absolute atomic E-state index is 0.0112. The highest BCUT2D eigenvalue weighted by molar-refractivity contribution is 5.99. The molecule has 1 aromatic carbocycles. The third-order valence-corrected chi connectivity index (χ3v) is 3.42. The van der Waals surface area contributed by atoms with E-state index >= 15 is 0 Å². The molecule has 1 atom stereocenters. The van der Waals surface area contributed by atoms with Crippen LogP contribution in [0.1, 0.15) is 25.3 Å². The topological polar surface area (TPSA) is 55.6 Å². The van der Waals surface area contributed by atoms with Gasteiger partial charge in [0.25, 0.3) is 0 Å². The van der Waals surface area contributed by atoms with Crippen LogP contribution in [-0.4, -0.2) is 25.6 Å². The van der Waals surface area contributed by atoms with Gasteiger partial charge < -0.3 is 15.4 Å². The molecule has 98 valence electrons. The van der Waals surface area contributed by atoms with Crippen molar-refractivity contribution < 1.29 is 9.53 Å². The average molecular weight is 248 g/mol. The number of methoxy groups -OCH3 is 1. The summed E-state index contributed by atoms with van der Waals surface area (Å²) in [6.45, 7) is 2.65. The lowest BCUT2D eigenvalue weighted by atomic mass is 10.00. The van der Waals surface area contributed by atoms with E-state index in [0.29, 0.717) is 6.42 Å². The molecule has 0 bridgehead atoms. The third kappa shape index (κ3) is 2.20. The van der Waals surface area contributed by atoms with Gasteiger partial charge in [-0.25, -0.2) is 0 Å². The van der Waals surface area contributed by atoms with Gasteiger partial charge >= 0.3 is 0 Å². The van der Waals surface area contributed by atoms with Gasteiger partial charge in [0.05, 0.1) is 18.8 Å². The number of carbonyl (C=O) groups excluding carboxylic acids is 1. The standard InChI is InChI=1S/C14H20N2O2/c1-3-11(15)14(17)16-9-5-7-10-6-4-8-12(18-2)13(10)16/h4,6,8,11H,3,5,7,9,15H2,1-2H3/t11-/m1/s1. The molecule has 0 saturated carbocycles. The van der Waals surface area contributed by atoms with Gasteiger partial charge in [0.1, 0.15) is 5.75 Å². The van der Waals surface area contributed by atoms with Crippen molar-refractivity contribution in [3.05, 3.63) is 23.8 Å². The lowest BCUT2D eigenvalue weighted by Gasteiger charge is -2.32. The van der Waals surface area contributed by atoms with Gasteiger partial charge in [-0.1, -0.05) is 19.1 Å². The second-order valence-electron chi connectivity index (χ2n) is 4.58. The molecule has 2 N–H and O–H groups in total. The first-order chi connectivity index (χ1) is 8.69. The van der Waals surface area contributed by atoms with E-state index in [-0.39, 0.29) is 5.91 Å². The number of hydrogen-bond donors (Lipinski definition) is 1. The van der Waals surface area contributed by atoms with Crippen LogP contribution >= 0.6 is 0 Å². The highest BCUT2D eigenvalue weighted by Crippen LogP contribution is 2.36. The lowest BCUT2D eigenvalue weighted by Crippen LogP contribution is -2.45. The second-order valence-corrected chi connectivity index (χ2v) is 4.58. The predicted octanol–water partition coefficient (Wildman–Crippen LogP) is 1.71. The molecule has 1 aliphatic rings. The summed E-state index contributed by atoms with van der Waals surface area (Å²) >= 11 is 0. The van der Waals surface area contributed by atoms with Gasteiger partial charge in [0.2, 0.25) is 5.91 Å². The van der Waals surface area contributed by atoms with Crippen LogP contribution in [-0.2, 0) is 11.2 Å². The number of benzene rings is 1. The summed E-state index contributed by atoms with van der Waals surface area (Å²) < 4.78 is 5.37. The average Bonchev–Trinajstić information content (AvgIpc) is 2.44. The number of rotatable bonds is 3. The molecule has 0 unspecified atom stereocenters. The van der Waals surface area contributed by atoms with E-state index in [9.17, 15) is 4.79 Å². The largest absolute Gasteiger partial charge is 0.495 e. The zero-order valence-electron chi connectivity index (χ0n) is 11.0. The number of hydrogen-bond acceptors (Lipinski definition) is 3. The Morgan fingerprint density at radius 1 is 1.56 bits per heavy atom. The molecular formula is C14H20N2O2. The number of aryl methyl sites for hydroxylation is 1. The van der Waals surface area contributed by atoms with Crippen molar-refractivity contribution in [1.82, 2.24) is 0 Å². The fraction of sp³-hybridized carbons (Fsp3) is 0.500. The molecule has 2 rings (SSSR count). The molecule has 18 heavy (non-hydrogen) atoms. The first kappa shape index (κ1) is 12.9. The number of ether oxygens (including phenoxy) is 1. The predicted molar refractivity (Wildman–Crippen MR) is 71.9 cm³/mol. The van der Waals surface area contributed by atoms with Gasteiger partial charge in [-0.3, -0.25) is 4.79 Å². The van der Waals surface area contributed by atoms with Crippen LogP contribution in [0.2, 0.25) is 0 Å². The number of anilines is 1. The Labute approximate surface area is 108 Å². The van der Waals surface area contributed by atoms with Crippen molar-refractivity contribution in [3.63, 3.8) is 0 Å². The fourth-order valence-corrected chi connectivity index (χ4v) is 2.38. The monoisotopic (exact) mass is 248 g/mol. The molecule has 0 spiro atoms. The third-order valence-electron chi connectivity index (χ3n) is 3.42. The summed E-state index contributed by atoms with van der Waals surface area (Å²) in [6.07, 6.45) is 2.61. The van der Waals surface area contributed by atoms with Crippen molar-refractivity contribution >= 4 is 11.6 Å². The normalized spacial score (nSPS) is 16.1. The Hall–Kier alpha value is -1.55. The Morgan fingerprint density at radius 2 is 2.33 bits per heavy atom. The minimum Gasteiger partial charge on any atom is -0.495 e. The van der Waals surface area contributed by atoms with Crippen molar-refractivity contribution in [3.8, 4) is 5.75 Å². The van der Waals surface area contributed by atoms with Crippen LogP contribution in [0.15, 0.2) is 18.2 Å². The Balaban J connectivity index is 2.40. The van der Waals surface area contributed by atoms with E-state index < -0.39 is 6.04 Å². The van der Waals surface area contributed by atoms with Crippen LogP contribution < -0.4 is 15.4 Å². The number of fused-ring (bicyclic) bond motifs is 1. The maximum absolute atomic E-state index is 12.3. The summed E-state index contributed by atoms with van der Waals surface area (Å²) in [5.41, 5.74) is 7.93. The van der Waals surface area contributed by atoms with Crippen molar-refractivity contribution in [2.75, 3.05) is 18.6 Å². The zero-order chi connectivity index (χ0) is 13.1. The van der Waals surface area contributed by atoms with E-state index in [2.05, 4.69) is 6.07 Å². The van der Waals surface area contributed by atoms with E-state index in [1.165, 1.54) is 0 Å². The summed E-state index contributed by atoms with van der Waals surface area (Å²) in [4.78, 5) is 14.1. The lowest BCUT2D eigenvalue weighted by molar-refractivity contribution is -0.120. The van der Waals surface area contributed by atoms with Crippen LogP contribution in [0.25, 0.3) is 0 Å². The summed E-state index contributed by atoms with van der Waals surface area (Å²) in [6, 6.07) is 5.48. The van der Waals surface area contributed by atoms with Crippen LogP contribution in [0.3, 0.4) is 0 Å². The van der Waals surface area contributed by atoms with E-state index in [1.54, 1.807) is 12.0 Å². The molecule has 4 nitrogen and oxygen atoms in total. The number of nitrogens with two attached hydrogens (primary N) is 1. The maximum Gasteiger partial charge on any atom is 0.243 e. The van der Waals surface area contributed by atoms with E-state index in [0.717, 1.165) is 36.4 Å². The number of amides is 1. The zero-order valence-corrected chi connectivity index (χ0v) is 11.0. The van der Waals surface area contributed by atoms with Gasteiger partial charge in [-0.05, 0) is 30.9 Å². The second kappa shape index (κ2) is 5.40. The fourth-order valence-electron chi connectivity index (χ4n) is 2.38. The van der Waals surface area contributed by atoms with Crippen LogP contribution in [0, 0.1) is 0 Å². The van der Waals surface area contributed by atoms with Gasteiger partial charge in [0.15, 0.2) is 0 Å². The molecule has 0 fully saturated rings. The molecule has 0 aromatic heterocycles. The Bertz CT molecular complexity index is 431. The summed E-state index contributed by atoms with van der Waals surface area (Å²) in [7, 11) is 1.63. The van der Waals surface area contributed by atoms with Crippen molar-refractivity contribution in [2.45, 2.75) is 32.2 Å². The van der Waals surface area contributed by atoms with Gasteiger partial charge in [0, 0.05) is 6.54 Å². The number of carbonyl (C=O) groups is 1. The quantitative estimate of drug-likeness (QED) is 0.886. The molecule has 1 amide bonds. The smallest absolute Gasteiger partial charge is 0.243 e. The molecule has 0 aliphatic carbocycles. The van der Waals surface area contributed by atoms with Gasteiger partial charge in [-0.2, -0.15) is 0 Å². The number of nitrogens with zero attached hydrogens (tertiary/aromatic N) is 1. The molecule has 0 saturated heterocycles. The molecule has 4 heteroatoms. The van der Waals surface area contributed by atoms with E-state index in [4.69, 9.17) is 10.5 Å². The van der Waals surface area contributed by atoms with Crippen molar-refractivity contribution in [2.24, 2.45) is 5.73 Å². The van der Waals surface area contributed by atoms with Crippen molar-refractivity contribution in [1.29, 1.82) is 0 Å². The molecule has 0 radical (unpaired) electrons. The molecule has 1 heterocycles. The first-order valence-corrected chi connectivity index (χ1v) is 6.41. The highest BCUT2D eigenvalue weighted by atomic mass is 16.5. The molecule has 1 aromatic rings. The summed E-state index contributed by atoms with van der Waals surface area (Å²) in [5.74, 6) is 0.742. The highest BCUT2D eigenvalue weighted by Gasteiger charge is 2.28. The summed E-state index contributed by atoms with van der Waals surface area (Å²) in [5, 5.41) is 0.